The zero-order chi connectivity index (χ0) is 20.0. The van der Waals surface area contributed by atoms with Crippen molar-refractivity contribution in [2.75, 3.05) is 19.1 Å². The zero-order valence-electron chi connectivity index (χ0n) is 16.8. The van der Waals surface area contributed by atoms with Gasteiger partial charge in [-0.3, -0.25) is 4.79 Å². The van der Waals surface area contributed by atoms with Crippen molar-refractivity contribution in [3.8, 4) is 5.75 Å². The SMILES string of the molecule is COc1ccc([C@@H]2C[C@H](C(=O)c3ccccc3)[C@H]3[C@@H]2c2ccccc2N3C)cc1. The molecule has 0 N–H and O–H groups in total. The topological polar surface area (TPSA) is 29.5 Å². The number of carbonyl (C=O) groups excluding carboxylic acids is 1. The van der Waals surface area contributed by atoms with E-state index in [0.29, 0.717) is 11.8 Å². The monoisotopic (exact) mass is 383 g/mol. The number of likely N-dealkylation sites (N-methyl/N-ethyl adjacent to an activating group) is 1. The van der Waals surface area contributed by atoms with Crippen molar-refractivity contribution >= 4 is 11.5 Å². The van der Waals surface area contributed by atoms with Crippen molar-refractivity contribution in [2.24, 2.45) is 5.92 Å². The van der Waals surface area contributed by atoms with Crippen LogP contribution in [-0.4, -0.2) is 26.0 Å². The summed E-state index contributed by atoms with van der Waals surface area (Å²) >= 11 is 0. The van der Waals surface area contributed by atoms with Crippen molar-refractivity contribution in [3.63, 3.8) is 0 Å². The van der Waals surface area contributed by atoms with Gasteiger partial charge in [0.05, 0.1) is 7.11 Å². The van der Waals surface area contributed by atoms with Gasteiger partial charge in [0.1, 0.15) is 5.75 Å². The Morgan fingerprint density at radius 1 is 0.931 bits per heavy atom. The first-order valence-corrected chi connectivity index (χ1v) is 10.2. The van der Waals surface area contributed by atoms with E-state index in [0.717, 1.165) is 17.7 Å². The first-order valence-electron chi connectivity index (χ1n) is 10.2. The minimum Gasteiger partial charge on any atom is -0.497 e. The summed E-state index contributed by atoms with van der Waals surface area (Å²) in [5, 5.41) is 0. The lowest BCUT2D eigenvalue weighted by atomic mass is 9.84. The summed E-state index contributed by atoms with van der Waals surface area (Å²) in [6.07, 6.45) is 0.869. The Labute approximate surface area is 171 Å². The van der Waals surface area contributed by atoms with Crippen molar-refractivity contribution in [3.05, 3.63) is 95.6 Å². The van der Waals surface area contributed by atoms with Crippen molar-refractivity contribution in [1.82, 2.24) is 0 Å². The van der Waals surface area contributed by atoms with Crippen LogP contribution in [0.25, 0.3) is 0 Å². The molecule has 3 aromatic rings. The molecule has 146 valence electrons. The lowest BCUT2D eigenvalue weighted by molar-refractivity contribution is 0.0911. The minimum absolute atomic E-state index is 0.0214. The Balaban J connectivity index is 1.58. The highest BCUT2D eigenvalue weighted by molar-refractivity contribution is 5.99. The Bertz CT molecular complexity index is 1030. The van der Waals surface area contributed by atoms with Gasteiger partial charge in [0.25, 0.3) is 0 Å². The third-order valence-corrected chi connectivity index (χ3v) is 6.78. The van der Waals surface area contributed by atoms with Gasteiger partial charge in [-0.05, 0) is 41.7 Å². The maximum atomic E-state index is 13.5. The van der Waals surface area contributed by atoms with Crippen LogP contribution in [0, 0.1) is 5.92 Å². The third-order valence-electron chi connectivity index (χ3n) is 6.78. The summed E-state index contributed by atoms with van der Waals surface area (Å²) in [7, 11) is 3.84. The number of para-hydroxylation sites is 1. The summed E-state index contributed by atoms with van der Waals surface area (Å²) in [6.45, 7) is 0. The Kier molecular flexibility index (Phi) is 4.39. The molecule has 5 rings (SSSR count). The van der Waals surface area contributed by atoms with Crippen LogP contribution in [-0.2, 0) is 0 Å². The maximum absolute atomic E-state index is 13.5. The summed E-state index contributed by atoms with van der Waals surface area (Å²) in [5.41, 5.74) is 4.72. The van der Waals surface area contributed by atoms with E-state index in [2.05, 4.69) is 48.3 Å². The molecule has 0 aromatic heterocycles. The highest BCUT2D eigenvalue weighted by Crippen LogP contribution is 2.57. The van der Waals surface area contributed by atoms with Crippen LogP contribution >= 0.6 is 0 Å². The third kappa shape index (κ3) is 2.84. The molecule has 3 aromatic carbocycles. The van der Waals surface area contributed by atoms with E-state index in [1.807, 2.05) is 42.5 Å². The van der Waals surface area contributed by atoms with E-state index < -0.39 is 0 Å². The van der Waals surface area contributed by atoms with E-state index in [-0.39, 0.29) is 17.7 Å². The number of nitrogens with zero attached hydrogens (tertiary/aromatic N) is 1. The Morgan fingerprint density at radius 2 is 1.62 bits per heavy atom. The van der Waals surface area contributed by atoms with E-state index in [4.69, 9.17) is 4.74 Å². The standard InChI is InChI=1S/C26H25NO2/c1-27-23-11-7-6-10-20(23)24-21(17-12-14-19(29-2)15-13-17)16-22(25(24)27)26(28)18-8-4-3-5-9-18/h3-15,21-22,24-25H,16H2,1-2H3/t21-,22-,24+,25-/m0/s1. The molecule has 0 saturated heterocycles. The highest BCUT2D eigenvalue weighted by Gasteiger charge is 2.53. The molecule has 2 aliphatic rings. The number of fused-ring (bicyclic) bond motifs is 3. The molecule has 1 fully saturated rings. The van der Waals surface area contributed by atoms with Crippen molar-refractivity contribution in [2.45, 2.75) is 24.3 Å². The summed E-state index contributed by atoms with van der Waals surface area (Å²) in [6, 6.07) is 27.0. The number of Topliss-reactive ketones (excluding diaryl/α,β-unsaturated/α-hetero) is 1. The zero-order valence-corrected chi connectivity index (χ0v) is 16.8. The average molecular weight is 383 g/mol. The van der Waals surface area contributed by atoms with Crippen molar-refractivity contribution < 1.29 is 9.53 Å². The van der Waals surface area contributed by atoms with Crippen LogP contribution in [0.15, 0.2) is 78.9 Å². The Hall–Kier alpha value is -3.07. The molecule has 0 bridgehead atoms. The second kappa shape index (κ2) is 7.07. The van der Waals surface area contributed by atoms with Gasteiger partial charge >= 0.3 is 0 Å². The fourth-order valence-electron chi connectivity index (χ4n) is 5.48. The van der Waals surface area contributed by atoms with Gasteiger partial charge < -0.3 is 9.64 Å². The molecule has 1 aliphatic carbocycles. The number of benzene rings is 3. The quantitative estimate of drug-likeness (QED) is 0.574. The van der Waals surface area contributed by atoms with Gasteiger partial charge in [-0.25, -0.2) is 0 Å². The maximum Gasteiger partial charge on any atom is 0.168 e. The van der Waals surface area contributed by atoms with E-state index in [1.165, 1.54) is 16.8 Å². The normalized spacial score (nSPS) is 24.8. The van der Waals surface area contributed by atoms with Crippen LogP contribution in [0.4, 0.5) is 5.69 Å². The van der Waals surface area contributed by atoms with Crippen LogP contribution in [0.2, 0.25) is 0 Å². The van der Waals surface area contributed by atoms with Crippen molar-refractivity contribution in [1.29, 1.82) is 0 Å². The molecule has 0 spiro atoms. The van der Waals surface area contributed by atoms with Gasteiger partial charge in [-0.2, -0.15) is 0 Å². The fourth-order valence-corrected chi connectivity index (χ4v) is 5.48. The molecule has 1 heterocycles. The van der Waals surface area contributed by atoms with Crippen LogP contribution in [0.1, 0.15) is 39.7 Å². The second-order valence-corrected chi connectivity index (χ2v) is 8.14. The molecule has 1 saturated carbocycles. The number of methoxy groups -OCH3 is 1. The molecular formula is C26H25NO2. The first-order chi connectivity index (χ1) is 14.2. The lowest BCUT2D eigenvalue weighted by Gasteiger charge is -2.27. The average Bonchev–Trinajstić information content (AvgIpc) is 3.31. The molecule has 29 heavy (non-hydrogen) atoms. The van der Waals surface area contributed by atoms with E-state index in [1.54, 1.807) is 7.11 Å². The minimum atomic E-state index is -0.0214. The molecule has 3 nitrogen and oxygen atoms in total. The highest BCUT2D eigenvalue weighted by atomic mass is 16.5. The second-order valence-electron chi connectivity index (χ2n) is 8.14. The van der Waals surface area contributed by atoms with Gasteiger partial charge in [0, 0.05) is 36.2 Å². The summed E-state index contributed by atoms with van der Waals surface area (Å²) in [5.74, 6) is 1.74. The molecule has 0 radical (unpaired) electrons. The number of anilines is 1. The smallest absolute Gasteiger partial charge is 0.168 e. The molecule has 3 heteroatoms. The molecular weight excluding hydrogens is 358 g/mol. The predicted octanol–water partition coefficient (Wildman–Crippen LogP) is 5.28. The van der Waals surface area contributed by atoms with E-state index in [9.17, 15) is 4.79 Å². The van der Waals surface area contributed by atoms with Gasteiger partial charge in [-0.1, -0.05) is 60.7 Å². The molecule has 1 aliphatic heterocycles. The molecule has 4 atom stereocenters. The number of ether oxygens (including phenoxy) is 1. The lowest BCUT2D eigenvalue weighted by Crippen LogP contribution is -2.37. The fraction of sp³-hybridized carbons (Fsp3) is 0.269. The van der Waals surface area contributed by atoms with Crippen LogP contribution in [0.3, 0.4) is 0 Å². The first kappa shape index (κ1) is 18.0. The Morgan fingerprint density at radius 3 is 2.34 bits per heavy atom. The number of ketones is 1. The number of hydrogen-bond donors (Lipinski definition) is 0. The number of hydrogen-bond acceptors (Lipinski definition) is 3. The van der Waals surface area contributed by atoms with Crippen LogP contribution < -0.4 is 9.64 Å². The van der Waals surface area contributed by atoms with Gasteiger partial charge in [-0.15, -0.1) is 0 Å². The molecule has 0 unspecified atom stereocenters. The molecule has 0 amide bonds. The van der Waals surface area contributed by atoms with Gasteiger partial charge in [0.2, 0.25) is 0 Å². The van der Waals surface area contributed by atoms with Crippen LogP contribution in [0.5, 0.6) is 5.75 Å². The van der Waals surface area contributed by atoms with Gasteiger partial charge in [0.15, 0.2) is 5.78 Å². The number of rotatable bonds is 4. The largest absolute Gasteiger partial charge is 0.497 e. The summed E-state index contributed by atoms with van der Waals surface area (Å²) in [4.78, 5) is 15.9. The van der Waals surface area contributed by atoms with E-state index >= 15 is 0 Å². The predicted molar refractivity (Wildman–Crippen MR) is 116 cm³/mol. The summed E-state index contributed by atoms with van der Waals surface area (Å²) < 4.78 is 5.35. The number of carbonyl (C=O) groups is 1.